The van der Waals surface area contributed by atoms with Crippen LogP contribution in [0.3, 0.4) is 0 Å². The van der Waals surface area contributed by atoms with Gasteiger partial charge in [-0.2, -0.15) is 0 Å². The number of carbonyl (C=O) groups excluding carboxylic acids is 4. The van der Waals surface area contributed by atoms with Crippen molar-refractivity contribution in [3.05, 3.63) is 34.9 Å². The van der Waals surface area contributed by atoms with Crippen molar-refractivity contribution in [1.82, 2.24) is 10.2 Å². The van der Waals surface area contributed by atoms with Gasteiger partial charge in [0, 0.05) is 25.1 Å². The molecule has 1 saturated heterocycles. The zero-order valence-electron chi connectivity index (χ0n) is 14.7. The molecule has 1 fully saturated rings. The van der Waals surface area contributed by atoms with E-state index in [0.717, 1.165) is 24.2 Å². The number of rotatable bonds is 6. The second-order valence-electron chi connectivity index (χ2n) is 6.61. The first-order chi connectivity index (χ1) is 12.5. The number of ketones is 1. The van der Waals surface area contributed by atoms with Gasteiger partial charge in [-0.15, -0.1) is 0 Å². The maximum absolute atomic E-state index is 12.3. The number of imide groups is 1. The topological polar surface area (TPSA) is 92.8 Å². The maximum atomic E-state index is 12.3. The molecule has 1 heterocycles. The van der Waals surface area contributed by atoms with Crippen LogP contribution in [0.1, 0.15) is 47.7 Å². The average Bonchev–Trinajstić information content (AvgIpc) is 3.26. The summed E-state index contributed by atoms with van der Waals surface area (Å²) in [4.78, 5) is 48.8. The summed E-state index contributed by atoms with van der Waals surface area (Å²) >= 11 is 0. The molecule has 0 aromatic heterocycles. The molecule has 0 spiro atoms. The summed E-state index contributed by atoms with van der Waals surface area (Å²) in [6.45, 7) is 2.07. The molecule has 1 aliphatic heterocycles. The molecule has 1 aliphatic carbocycles. The van der Waals surface area contributed by atoms with Gasteiger partial charge in [0.05, 0.1) is 6.42 Å². The van der Waals surface area contributed by atoms with Crippen LogP contribution in [-0.2, 0) is 27.2 Å². The summed E-state index contributed by atoms with van der Waals surface area (Å²) in [7, 11) is 0. The van der Waals surface area contributed by atoms with Crippen LogP contribution in [-0.4, -0.2) is 47.8 Å². The van der Waals surface area contributed by atoms with Crippen LogP contribution in [0.5, 0.6) is 0 Å². The smallest absolute Gasteiger partial charge is 0.324 e. The monoisotopic (exact) mass is 358 g/mol. The van der Waals surface area contributed by atoms with Crippen molar-refractivity contribution >= 4 is 23.7 Å². The Labute approximate surface area is 151 Å². The summed E-state index contributed by atoms with van der Waals surface area (Å²) in [5.74, 6) is -1.30. The van der Waals surface area contributed by atoms with E-state index in [-0.39, 0.29) is 25.2 Å². The minimum absolute atomic E-state index is 0.0305. The molecule has 7 heteroatoms. The Bertz CT molecular complexity index is 758. The summed E-state index contributed by atoms with van der Waals surface area (Å²) in [5, 5.41) is 2.52. The Morgan fingerprint density at radius 3 is 2.69 bits per heavy atom. The van der Waals surface area contributed by atoms with E-state index in [2.05, 4.69) is 5.32 Å². The quantitative estimate of drug-likeness (QED) is 0.616. The van der Waals surface area contributed by atoms with E-state index in [0.29, 0.717) is 12.1 Å². The second kappa shape index (κ2) is 7.68. The van der Waals surface area contributed by atoms with Gasteiger partial charge in [-0.25, -0.2) is 4.79 Å². The molecule has 26 heavy (non-hydrogen) atoms. The van der Waals surface area contributed by atoms with Crippen LogP contribution < -0.4 is 5.32 Å². The number of carbonyl (C=O) groups is 4. The van der Waals surface area contributed by atoms with Gasteiger partial charge in [0.25, 0.3) is 5.91 Å². The van der Waals surface area contributed by atoms with Crippen molar-refractivity contribution < 1.29 is 23.9 Å². The minimum Gasteiger partial charge on any atom is -0.453 e. The van der Waals surface area contributed by atoms with Gasteiger partial charge in [-0.05, 0) is 43.4 Å². The number of aryl methyl sites for hydroxylation is 2. The number of fused-ring (bicyclic) bond motifs is 1. The SMILES string of the molecule is C[C@H](OC(=O)CCC(=O)c1ccc2c(c1)CCC2)C(=O)N1CCNC1=O. The summed E-state index contributed by atoms with van der Waals surface area (Å²) in [5.41, 5.74) is 3.11. The van der Waals surface area contributed by atoms with Crippen molar-refractivity contribution in [2.75, 3.05) is 13.1 Å². The van der Waals surface area contributed by atoms with Crippen LogP contribution >= 0.6 is 0 Å². The van der Waals surface area contributed by atoms with Crippen LogP contribution in [0.4, 0.5) is 4.79 Å². The molecule has 2 aliphatic rings. The fraction of sp³-hybridized carbons (Fsp3) is 0.474. The Balaban J connectivity index is 1.48. The van der Waals surface area contributed by atoms with Gasteiger partial charge in [0.15, 0.2) is 11.9 Å². The molecule has 1 aromatic rings. The summed E-state index contributed by atoms with van der Waals surface area (Å²) in [6, 6.07) is 5.21. The number of esters is 1. The van der Waals surface area contributed by atoms with Crippen LogP contribution in [0.15, 0.2) is 18.2 Å². The number of Topliss-reactive ketones (excluding diaryl/α,β-unsaturated/α-hetero) is 1. The highest BCUT2D eigenvalue weighted by Crippen LogP contribution is 2.23. The summed E-state index contributed by atoms with van der Waals surface area (Å²) < 4.78 is 5.07. The minimum atomic E-state index is -1.05. The Morgan fingerprint density at radius 1 is 1.19 bits per heavy atom. The number of urea groups is 1. The lowest BCUT2D eigenvalue weighted by atomic mass is 10.0. The van der Waals surface area contributed by atoms with E-state index in [1.54, 1.807) is 6.07 Å². The molecule has 1 aromatic carbocycles. The largest absolute Gasteiger partial charge is 0.453 e. The molecule has 0 unspecified atom stereocenters. The standard InChI is InChI=1S/C19H22N2O5/c1-12(18(24)21-10-9-20-19(21)25)26-17(23)8-7-16(22)15-6-5-13-3-2-4-14(13)11-15/h5-6,11-12H,2-4,7-10H2,1H3,(H,20,25)/t12-/m0/s1. The van der Waals surface area contributed by atoms with E-state index in [4.69, 9.17) is 4.74 Å². The van der Waals surface area contributed by atoms with E-state index in [9.17, 15) is 19.2 Å². The molecule has 0 saturated carbocycles. The lowest BCUT2D eigenvalue weighted by molar-refractivity contribution is -0.157. The maximum Gasteiger partial charge on any atom is 0.324 e. The van der Waals surface area contributed by atoms with Gasteiger partial charge in [0.2, 0.25) is 0 Å². The zero-order valence-corrected chi connectivity index (χ0v) is 14.7. The second-order valence-corrected chi connectivity index (χ2v) is 6.61. The lowest BCUT2D eigenvalue weighted by Crippen LogP contribution is -2.41. The van der Waals surface area contributed by atoms with Crippen LogP contribution in [0.2, 0.25) is 0 Å². The first-order valence-electron chi connectivity index (χ1n) is 8.89. The highest BCUT2D eigenvalue weighted by molar-refractivity contribution is 5.99. The molecule has 3 amide bonds. The van der Waals surface area contributed by atoms with Crippen LogP contribution in [0, 0.1) is 0 Å². The number of hydrogen-bond donors (Lipinski definition) is 1. The van der Waals surface area contributed by atoms with Crippen molar-refractivity contribution in [2.24, 2.45) is 0 Å². The molecule has 138 valence electrons. The fourth-order valence-electron chi connectivity index (χ4n) is 3.31. The van der Waals surface area contributed by atoms with E-state index in [1.165, 1.54) is 18.1 Å². The van der Waals surface area contributed by atoms with Crippen molar-refractivity contribution in [3.8, 4) is 0 Å². The van der Waals surface area contributed by atoms with Crippen molar-refractivity contribution in [2.45, 2.75) is 45.1 Å². The first-order valence-corrected chi connectivity index (χ1v) is 8.89. The van der Waals surface area contributed by atoms with Gasteiger partial charge < -0.3 is 10.1 Å². The van der Waals surface area contributed by atoms with Gasteiger partial charge in [0.1, 0.15) is 0 Å². The predicted octanol–water partition coefficient (Wildman–Crippen LogP) is 1.62. The highest BCUT2D eigenvalue weighted by atomic mass is 16.5. The van der Waals surface area contributed by atoms with Gasteiger partial charge in [-0.3, -0.25) is 19.3 Å². The molecule has 1 atom stereocenters. The number of nitrogens with one attached hydrogen (secondary N) is 1. The Kier molecular flexibility index (Phi) is 5.35. The predicted molar refractivity (Wildman–Crippen MR) is 92.7 cm³/mol. The zero-order chi connectivity index (χ0) is 18.7. The third-order valence-electron chi connectivity index (χ3n) is 4.76. The van der Waals surface area contributed by atoms with Crippen molar-refractivity contribution in [1.29, 1.82) is 0 Å². The number of ether oxygens (including phenoxy) is 1. The van der Waals surface area contributed by atoms with E-state index in [1.807, 2.05) is 12.1 Å². The first kappa shape index (κ1) is 18.1. The third-order valence-corrected chi connectivity index (χ3v) is 4.76. The molecular formula is C19H22N2O5. The van der Waals surface area contributed by atoms with Crippen molar-refractivity contribution in [3.63, 3.8) is 0 Å². The summed E-state index contributed by atoms with van der Waals surface area (Å²) in [6.07, 6.45) is 2.03. The number of nitrogens with zero attached hydrogens (tertiary/aromatic N) is 1. The molecule has 1 N–H and O–H groups in total. The Morgan fingerprint density at radius 2 is 1.96 bits per heavy atom. The molecule has 0 bridgehead atoms. The normalized spacial score (nSPS) is 16.8. The fourth-order valence-corrected chi connectivity index (χ4v) is 3.31. The number of amides is 3. The number of hydrogen-bond acceptors (Lipinski definition) is 5. The average molecular weight is 358 g/mol. The molecule has 7 nitrogen and oxygen atoms in total. The molecular weight excluding hydrogens is 336 g/mol. The molecule has 3 rings (SSSR count). The number of benzene rings is 1. The van der Waals surface area contributed by atoms with Gasteiger partial charge in [-0.1, -0.05) is 12.1 Å². The Hall–Kier alpha value is -2.70. The van der Waals surface area contributed by atoms with Crippen LogP contribution in [0.25, 0.3) is 0 Å². The third kappa shape index (κ3) is 3.92. The molecule has 0 radical (unpaired) electrons. The van der Waals surface area contributed by atoms with E-state index < -0.39 is 24.0 Å². The van der Waals surface area contributed by atoms with Gasteiger partial charge >= 0.3 is 12.0 Å². The van der Waals surface area contributed by atoms with E-state index >= 15 is 0 Å². The lowest BCUT2D eigenvalue weighted by Gasteiger charge is -2.18. The highest BCUT2D eigenvalue weighted by Gasteiger charge is 2.31.